The highest BCUT2D eigenvalue weighted by molar-refractivity contribution is 9.08. The minimum atomic E-state index is -5.29. The summed E-state index contributed by atoms with van der Waals surface area (Å²) >= 11 is 2.61. The lowest BCUT2D eigenvalue weighted by Crippen LogP contribution is -2.25. The zero-order valence-corrected chi connectivity index (χ0v) is 9.83. The number of rotatable bonds is 2. The molecule has 1 rings (SSSR count). The summed E-state index contributed by atoms with van der Waals surface area (Å²) in [6.45, 7) is 0. The molecule has 1 N–H and O–H groups in total. The van der Waals surface area contributed by atoms with Gasteiger partial charge in [0.2, 0.25) is 0 Å². The number of pyridine rings is 1. The molecule has 0 aromatic carbocycles. The molecule has 0 saturated heterocycles. The van der Waals surface area contributed by atoms with E-state index in [0.29, 0.717) is 0 Å². The summed E-state index contributed by atoms with van der Waals surface area (Å²) in [6.07, 6.45) is -10.2. The molecule has 0 unspecified atom stereocenters. The predicted molar refractivity (Wildman–Crippen MR) is 51.4 cm³/mol. The zero-order valence-electron chi connectivity index (χ0n) is 8.25. The first kappa shape index (κ1) is 14.9. The van der Waals surface area contributed by atoms with Gasteiger partial charge < -0.3 is 9.72 Å². The molecule has 10 heteroatoms. The highest BCUT2D eigenvalue weighted by Gasteiger charge is 2.42. The van der Waals surface area contributed by atoms with Crippen LogP contribution in [-0.2, 0) is 11.5 Å². The molecule has 0 bridgehead atoms. The van der Waals surface area contributed by atoms with E-state index in [1.807, 2.05) is 0 Å². The Morgan fingerprint density at radius 2 is 1.78 bits per heavy atom. The highest BCUT2D eigenvalue weighted by atomic mass is 79.9. The first-order valence-corrected chi connectivity index (χ1v) is 5.32. The van der Waals surface area contributed by atoms with Crippen LogP contribution in [0.2, 0.25) is 0 Å². The Kier molecular flexibility index (Phi) is 3.99. The van der Waals surface area contributed by atoms with E-state index in [0.717, 1.165) is 0 Å². The molecule has 0 saturated carbocycles. The summed E-state index contributed by atoms with van der Waals surface area (Å²) in [7, 11) is 0. The molecular weight excluding hydrogens is 336 g/mol. The summed E-state index contributed by atoms with van der Waals surface area (Å²) in [5.74, 6) is -1.50. The van der Waals surface area contributed by atoms with Gasteiger partial charge in [-0.1, -0.05) is 15.9 Å². The largest absolute Gasteiger partial charge is 0.573 e. The fourth-order valence-corrected chi connectivity index (χ4v) is 1.73. The van der Waals surface area contributed by atoms with Gasteiger partial charge in [0.1, 0.15) is 5.56 Å². The fourth-order valence-electron chi connectivity index (χ4n) is 1.20. The number of alkyl halides is 7. The van der Waals surface area contributed by atoms with Crippen LogP contribution < -0.4 is 10.3 Å². The Hall–Kier alpha value is -1.19. The van der Waals surface area contributed by atoms with Crippen molar-refractivity contribution in [2.45, 2.75) is 17.9 Å². The number of nitrogens with one attached hydrogen (secondary N) is 1. The quantitative estimate of drug-likeness (QED) is 0.664. The van der Waals surface area contributed by atoms with Gasteiger partial charge >= 0.3 is 12.5 Å². The van der Waals surface area contributed by atoms with Gasteiger partial charge in [0, 0.05) is 17.1 Å². The molecule has 0 spiro atoms. The first-order valence-electron chi connectivity index (χ1n) is 4.19. The maximum atomic E-state index is 12.6. The van der Waals surface area contributed by atoms with Crippen molar-refractivity contribution in [3.8, 4) is 5.75 Å². The Labute approximate surface area is 104 Å². The molecular formula is C8H4BrF6NO2. The monoisotopic (exact) mass is 339 g/mol. The molecule has 102 valence electrons. The van der Waals surface area contributed by atoms with E-state index in [2.05, 4.69) is 20.7 Å². The summed E-state index contributed by atoms with van der Waals surface area (Å²) in [5.41, 5.74) is -3.78. The smallest absolute Gasteiger partial charge is 0.404 e. The third kappa shape index (κ3) is 3.40. The van der Waals surface area contributed by atoms with E-state index < -0.39 is 40.3 Å². The number of aromatic amines is 1. The standard InChI is InChI=1S/C8H4BrF6NO2/c9-1-3-5(7(10,11)12)4(2-16-6(3)17)18-8(13,14)15/h2H,1H2,(H,16,17). The summed E-state index contributed by atoms with van der Waals surface area (Å²) in [5, 5.41) is -0.563. The van der Waals surface area contributed by atoms with Crippen LogP contribution in [0, 0.1) is 0 Å². The Bertz CT molecular complexity index is 492. The lowest BCUT2D eigenvalue weighted by molar-refractivity contribution is -0.276. The van der Waals surface area contributed by atoms with Crippen molar-refractivity contribution in [1.29, 1.82) is 0 Å². The van der Waals surface area contributed by atoms with Crippen LogP contribution in [0.5, 0.6) is 5.75 Å². The van der Waals surface area contributed by atoms with Gasteiger partial charge in [-0.05, 0) is 0 Å². The topological polar surface area (TPSA) is 42.1 Å². The second-order valence-electron chi connectivity index (χ2n) is 3.01. The van der Waals surface area contributed by atoms with Crippen molar-refractivity contribution in [2.24, 2.45) is 0 Å². The number of ether oxygens (including phenoxy) is 1. The van der Waals surface area contributed by atoms with E-state index in [-0.39, 0.29) is 6.20 Å². The fraction of sp³-hybridized carbons (Fsp3) is 0.375. The number of hydrogen-bond donors (Lipinski definition) is 1. The molecule has 0 aliphatic rings. The average Bonchev–Trinajstić information content (AvgIpc) is 2.16. The molecule has 18 heavy (non-hydrogen) atoms. The molecule has 0 amide bonds. The first-order chi connectivity index (χ1) is 8.06. The Balaban J connectivity index is 3.48. The Morgan fingerprint density at radius 3 is 2.17 bits per heavy atom. The van der Waals surface area contributed by atoms with E-state index in [4.69, 9.17) is 0 Å². The normalized spacial score (nSPS) is 12.6. The molecule has 0 radical (unpaired) electrons. The van der Waals surface area contributed by atoms with Crippen LogP contribution >= 0.6 is 15.9 Å². The lowest BCUT2D eigenvalue weighted by Gasteiger charge is -2.16. The van der Waals surface area contributed by atoms with Crippen molar-refractivity contribution in [1.82, 2.24) is 4.98 Å². The van der Waals surface area contributed by atoms with Gasteiger partial charge in [0.25, 0.3) is 5.56 Å². The molecule has 1 heterocycles. The lowest BCUT2D eigenvalue weighted by atomic mass is 10.1. The van der Waals surface area contributed by atoms with Crippen LogP contribution in [-0.4, -0.2) is 11.3 Å². The molecule has 0 aliphatic carbocycles. The third-order valence-corrected chi connectivity index (χ3v) is 2.36. The summed E-state index contributed by atoms with van der Waals surface area (Å²) in [4.78, 5) is 12.9. The van der Waals surface area contributed by atoms with Crippen molar-refractivity contribution in [2.75, 3.05) is 0 Å². The second kappa shape index (κ2) is 4.82. The highest BCUT2D eigenvalue weighted by Crippen LogP contribution is 2.39. The van der Waals surface area contributed by atoms with Gasteiger partial charge in [-0.25, -0.2) is 0 Å². The SMILES string of the molecule is O=c1[nH]cc(OC(F)(F)F)c(C(F)(F)F)c1CBr. The predicted octanol–water partition coefficient (Wildman–Crippen LogP) is 3.19. The van der Waals surface area contributed by atoms with Crippen LogP contribution in [0.1, 0.15) is 11.1 Å². The number of H-pyrrole nitrogens is 1. The van der Waals surface area contributed by atoms with Gasteiger partial charge in [-0.15, -0.1) is 13.2 Å². The maximum Gasteiger partial charge on any atom is 0.573 e. The molecule has 3 nitrogen and oxygen atoms in total. The van der Waals surface area contributed by atoms with E-state index in [9.17, 15) is 31.1 Å². The van der Waals surface area contributed by atoms with E-state index in [1.165, 1.54) is 0 Å². The van der Waals surface area contributed by atoms with E-state index >= 15 is 0 Å². The van der Waals surface area contributed by atoms with Gasteiger partial charge in [0.15, 0.2) is 5.75 Å². The number of aromatic nitrogens is 1. The molecule has 0 aliphatic heterocycles. The minimum absolute atomic E-state index is 0.227. The van der Waals surface area contributed by atoms with Gasteiger partial charge in [0.05, 0.1) is 0 Å². The second-order valence-corrected chi connectivity index (χ2v) is 3.58. The molecule has 1 aromatic rings. The van der Waals surface area contributed by atoms with Crippen molar-refractivity contribution in [3.05, 3.63) is 27.7 Å². The maximum absolute atomic E-state index is 12.6. The van der Waals surface area contributed by atoms with Crippen LogP contribution in [0.4, 0.5) is 26.3 Å². The number of halogens is 7. The van der Waals surface area contributed by atoms with Crippen molar-refractivity contribution in [3.63, 3.8) is 0 Å². The van der Waals surface area contributed by atoms with Crippen molar-refractivity contribution < 1.29 is 31.1 Å². The minimum Gasteiger partial charge on any atom is -0.404 e. The van der Waals surface area contributed by atoms with Crippen LogP contribution in [0.15, 0.2) is 11.0 Å². The third-order valence-electron chi connectivity index (χ3n) is 1.80. The van der Waals surface area contributed by atoms with Crippen molar-refractivity contribution >= 4 is 15.9 Å². The number of hydrogen-bond acceptors (Lipinski definition) is 2. The molecule has 1 aromatic heterocycles. The van der Waals surface area contributed by atoms with Crippen LogP contribution in [0.25, 0.3) is 0 Å². The summed E-state index contributed by atoms with van der Waals surface area (Å²) < 4.78 is 77.0. The van der Waals surface area contributed by atoms with Gasteiger partial charge in [-0.2, -0.15) is 13.2 Å². The van der Waals surface area contributed by atoms with E-state index in [1.54, 1.807) is 4.98 Å². The average molecular weight is 340 g/mol. The molecule has 0 fully saturated rings. The van der Waals surface area contributed by atoms with Gasteiger partial charge in [-0.3, -0.25) is 4.79 Å². The molecule has 0 atom stereocenters. The zero-order chi connectivity index (χ0) is 14.1. The Morgan fingerprint density at radius 1 is 1.22 bits per heavy atom. The summed E-state index contributed by atoms with van der Waals surface area (Å²) in [6, 6.07) is 0. The van der Waals surface area contributed by atoms with Crippen LogP contribution in [0.3, 0.4) is 0 Å².